The Labute approximate surface area is 208 Å². The lowest BCUT2D eigenvalue weighted by Crippen LogP contribution is -2.13. The monoisotopic (exact) mass is 552 g/mol. The molecule has 0 atom stereocenters. The van der Waals surface area contributed by atoms with E-state index in [0.717, 1.165) is 20.3 Å². The smallest absolute Gasteiger partial charge is 0.266 e. The number of amides is 1. The van der Waals surface area contributed by atoms with Crippen molar-refractivity contribution in [3.8, 4) is 17.6 Å². The van der Waals surface area contributed by atoms with Crippen LogP contribution < -0.4 is 14.8 Å². The van der Waals surface area contributed by atoms with E-state index in [2.05, 4.69) is 27.9 Å². The minimum atomic E-state index is -0.460. The second-order valence-corrected chi connectivity index (χ2v) is 8.62. The molecule has 0 unspecified atom stereocenters. The Kier molecular flexibility index (Phi) is 8.50. The molecule has 0 spiro atoms. The van der Waals surface area contributed by atoms with Gasteiger partial charge in [-0.1, -0.05) is 36.4 Å². The fourth-order valence-corrected chi connectivity index (χ4v) is 3.92. The van der Waals surface area contributed by atoms with Crippen molar-refractivity contribution in [3.63, 3.8) is 0 Å². The molecule has 0 aliphatic rings. The zero-order chi connectivity index (χ0) is 23.8. The minimum absolute atomic E-state index is 0.00410. The van der Waals surface area contributed by atoms with Gasteiger partial charge in [-0.15, -0.1) is 0 Å². The van der Waals surface area contributed by atoms with Crippen molar-refractivity contribution < 1.29 is 14.3 Å². The lowest BCUT2D eigenvalue weighted by atomic mass is 10.1. The Balaban J connectivity index is 1.84. The average Bonchev–Trinajstić information content (AvgIpc) is 2.80. The third-order valence-electron chi connectivity index (χ3n) is 5.00. The summed E-state index contributed by atoms with van der Waals surface area (Å²) in [5.74, 6) is 0.744. The van der Waals surface area contributed by atoms with Gasteiger partial charge in [0.2, 0.25) is 0 Å². The molecule has 0 saturated heterocycles. The van der Waals surface area contributed by atoms with Crippen LogP contribution in [-0.4, -0.2) is 12.5 Å². The molecule has 33 heavy (non-hydrogen) atoms. The van der Waals surface area contributed by atoms with E-state index in [-0.39, 0.29) is 5.57 Å². The number of nitrogens with one attached hydrogen (secondary N) is 1. The van der Waals surface area contributed by atoms with Crippen LogP contribution in [0.1, 0.15) is 29.2 Å². The van der Waals surface area contributed by atoms with Gasteiger partial charge in [0.15, 0.2) is 11.5 Å². The van der Waals surface area contributed by atoms with Crippen molar-refractivity contribution in [2.24, 2.45) is 0 Å². The molecule has 0 bridgehead atoms. The van der Waals surface area contributed by atoms with Gasteiger partial charge in [0.05, 0.1) is 10.2 Å². The lowest BCUT2D eigenvalue weighted by Gasteiger charge is -2.15. The highest BCUT2D eigenvalue weighted by atomic mass is 127. The third kappa shape index (κ3) is 6.59. The van der Waals surface area contributed by atoms with Crippen LogP contribution in [0.5, 0.6) is 11.5 Å². The summed E-state index contributed by atoms with van der Waals surface area (Å²) < 4.78 is 12.7. The van der Waals surface area contributed by atoms with Crippen LogP contribution in [0.2, 0.25) is 0 Å². The molecule has 1 amide bonds. The van der Waals surface area contributed by atoms with Crippen molar-refractivity contribution in [2.45, 2.75) is 27.4 Å². The number of nitriles is 1. The topological polar surface area (TPSA) is 71.3 Å². The van der Waals surface area contributed by atoms with Gasteiger partial charge in [0.1, 0.15) is 18.2 Å². The summed E-state index contributed by atoms with van der Waals surface area (Å²) in [4.78, 5) is 12.7. The summed E-state index contributed by atoms with van der Waals surface area (Å²) >= 11 is 2.18. The van der Waals surface area contributed by atoms with Crippen LogP contribution >= 0.6 is 22.6 Å². The highest BCUT2D eigenvalue weighted by Crippen LogP contribution is 2.35. The van der Waals surface area contributed by atoms with Crippen molar-refractivity contribution >= 4 is 40.3 Å². The Hall–Kier alpha value is -3.31. The SMILES string of the molecule is CCOc1cc(/C=C(\C#N)C(=O)Nc2ccc(C)c(C)c2)cc(I)c1OCc1ccccc1. The first kappa shape index (κ1) is 24.3. The molecule has 5 nitrogen and oxygen atoms in total. The zero-order valence-corrected chi connectivity index (χ0v) is 21.0. The Morgan fingerprint density at radius 3 is 2.48 bits per heavy atom. The molecule has 3 rings (SSSR count). The van der Waals surface area contributed by atoms with E-state index in [1.807, 2.05) is 81.4 Å². The number of aryl methyl sites for hydroxylation is 2. The maximum Gasteiger partial charge on any atom is 0.266 e. The molecule has 168 valence electrons. The fraction of sp³-hybridized carbons (Fsp3) is 0.185. The van der Waals surface area contributed by atoms with E-state index in [1.54, 1.807) is 12.1 Å². The molecule has 1 N–H and O–H groups in total. The molecule has 6 heteroatoms. The Bertz CT molecular complexity index is 1210. The van der Waals surface area contributed by atoms with E-state index in [0.29, 0.717) is 36.0 Å². The van der Waals surface area contributed by atoms with Crippen LogP contribution in [0.4, 0.5) is 5.69 Å². The second kappa shape index (κ2) is 11.5. The molecular formula is C27H25IN2O3. The molecule has 3 aromatic carbocycles. The summed E-state index contributed by atoms with van der Waals surface area (Å²) in [6.45, 7) is 6.75. The van der Waals surface area contributed by atoms with Crippen LogP contribution in [0, 0.1) is 28.7 Å². The van der Waals surface area contributed by atoms with Gasteiger partial charge >= 0.3 is 0 Å². The average molecular weight is 552 g/mol. The number of nitrogens with zero attached hydrogens (tertiary/aromatic N) is 1. The molecule has 0 aliphatic heterocycles. The van der Waals surface area contributed by atoms with Crippen molar-refractivity contribution in [1.29, 1.82) is 5.26 Å². The number of hydrogen-bond acceptors (Lipinski definition) is 4. The van der Waals surface area contributed by atoms with E-state index in [9.17, 15) is 10.1 Å². The molecule has 3 aromatic rings. The summed E-state index contributed by atoms with van der Waals surface area (Å²) in [7, 11) is 0. The summed E-state index contributed by atoms with van der Waals surface area (Å²) in [6, 6.07) is 21.2. The molecule has 0 aliphatic carbocycles. The second-order valence-electron chi connectivity index (χ2n) is 7.46. The van der Waals surface area contributed by atoms with Gasteiger partial charge in [-0.3, -0.25) is 4.79 Å². The maximum atomic E-state index is 12.7. The van der Waals surface area contributed by atoms with Crippen molar-refractivity contribution in [1.82, 2.24) is 0 Å². The van der Waals surface area contributed by atoms with Crippen molar-refractivity contribution in [2.75, 3.05) is 11.9 Å². The summed E-state index contributed by atoms with van der Waals surface area (Å²) in [5.41, 5.74) is 4.59. The minimum Gasteiger partial charge on any atom is -0.490 e. The van der Waals surface area contributed by atoms with Gasteiger partial charge in [-0.25, -0.2) is 0 Å². The number of carbonyl (C=O) groups excluding carboxylic acids is 1. The number of carbonyl (C=O) groups is 1. The van der Waals surface area contributed by atoms with Crippen LogP contribution in [0.15, 0.2) is 66.2 Å². The first-order chi connectivity index (χ1) is 15.9. The number of hydrogen-bond donors (Lipinski definition) is 1. The quantitative estimate of drug-likeness (QED) is 0.199. The molecule has 0 fully saturated rings. The highest BCUT2D eigenvalue weighted by Gasteiger charge is 2.15. The standard InChI is InChI=1S/C27H25IN2O3/c1-4-32-25-15-21(14-24(28)26(25)33-17-20-8-6-5-7-9-20)13-22(16-29)27(31)30-23-11-10-18(2)19(3)12-23/h5-15H,4,17H2,1-3H3,(H,30,31)/b22-13+. The molecule has 0 aromatic heterocycles. The lowest BCUT2D eigenvalue weighted by molar-refractivity contribution is -0.112. The largest absolute Gasteiger partial charge is 0.490 e. The molecule has 0 radical (unpaired) electrons. The normalized spacial score (nSPS) is 10.9. The van der Waals surface area contributed by atoms with Gasteiger partial charge in [-0.2, -0.15) is 5.26 Å². The number of rotatable bonds is 8. The third-order valence-corrected chi connectivity index (χ3v) is 5.80. The Morgan fingerprint density at radius 2 is 1.82 bits per heavy atom. The number of halogens is 1. The zero-order valence-electron chi connectivity index (χ0n) is 18.8. The van der Waals surface area contributed by atoms with Gasteiger partial charge in [0.25, 0.3) is 5.91 Å². The number of anilines is 1. The van der Waals surface area contributed by atoms with Crippen LogP contribution in [-0.2, 0) is 11.4 Å². The summed E-state index contributed by atoms with van der Waals surface area (Å²) in [6.07, 6.45) is 1.56. The molecular weight excluding hydrogens is 527 g/mol. The predicted octanol–water partition coefficient (Wildman–Crippen LogP) is 6.43. The van der Waals surface area contributed by atoms with Gasteiger partial charge in [0, 0.05) is 5.69 Å². The molecule has 0 saturated carbocycles. The number of benzene rings is 3. The van der Waals surface area contributed by atoms with Crippen LogP contribution in [0.25, 0.3) is 6.08 Å². The van der Waals surface area contributed by atoms with Gasteiger partial charge in [-0.05, 0) is 96.0 Å². The van der Waals surface area contributed by atoms with Gasteiger partial charge < -0.3 is 14.8 Å². The first-order valence-electron chi connectivity index (χ1n) is 10.5. The predicted molar refractivity (Wildman–Crippen MR) is 139 cm³/mol. The highest BCUT2D eigenvalue weighted by molar-refractivity contribution is 14.1. The van der Waals surface area contributed by atoms with Crippen molar-refractivity contribution in [3.05, 3.63) is 92.1 Å². The summed E-state index contributed by atoms with van der Waals surface area (Å²) in [5, 5.41) is 12.4. The number of ether oxygens (including phenoxy) is 2. The van der Waals surface area contributed by atoms with E-state index < -0.39 is 5.91 Å². The fourth-order valence-electron chi connectivity index (χ4n) is 3.14. The van der Waals surface area contributed by atoms with E-state index in [4.69, 9.17) is 9.47 Å². The maximum absolute atomic E-state index is 12.7. The first-order valence-corrected chi connectivity index (χ1v) is 11.6. The van der Waals surface area contributed by atoms with Crippen LogP contribution in [0.3, 0.4) is 0 Å². The Morgan fingerprint density at radius 1 is 1.06 bits per heavy atom. The molecule has 0 heterocycles. The van der Waals surface area contributed by atoms with E-state index >= 15 is 0 Å². The van der Waals surface area contributed by atoms with E-state index in [1.165, 1.54) is 0 Å².